The maximum atomic E-state index is 5.82. The molecule has 0 aliphatic rings. The lowest BCUT2D eigenvalue weighted by Gasteiger charge is -2.08. The molecule has 2 rings (SSSR count). The van der Waals surface area contributed by atoms with Crippen LogP contribution in [0.3, 0.4) is 0 Å². The van der Waals surface area contributed by atoms with Crippen LogP contribution in [0.4, 0.5) is 5.69 Å². The molecule has 0 radical (unpaired) electrons. The summed E-state index contributed by atoms with van der Waals surface area (Å²) in [5.41, 5.74) is 4.96. The standard InChI is InChI=1S/C18H22N2O/c1-2-3-9-14-21-18-13-8-7-10-16(18)15-19-20-17-11-5-4-6-12-17/h4-8,10-13,15,20H,2-3,9,14H2,1H3. The summed E-state index contributed by atoms with van der Waals surface area (Å²) in [6.07, 6.45) is 5.28. The zero-order chi connectivity index (χ0) is 14.8. The van der Waals surface area contributed by atoms with Gasteiger partial charge in [0.2, 0.25) is 0 Å². The minimum Gasteiger partial charge on any atom is -0.493 e. The molecule has 110 valence electrons. The number of nitrogens with one attached hydrogen (secondary N) is 1. The average molecular weight is 282 g/mol. The Morgan fingerprint density at radius 3 is 2.57 bits per heavy atom. The normalized spacial score (nSPS) is 10.7. The van der Waals surface area contributed by atoms with Gasteiger partial charge in [0.1, 0.15) is 5.75 Å². The molecule has 0 spiro atoms. The van der Waals surface area contributed by atoms with Crippen molar-refractivity contribution in [3.8, 4) is 5.75 Å². The molecular weight excluding hydrogens is 260 g/mol. The van der Waals surface area contributed by atoms with Crippen molar-refractivity contribution >= 4 is 11.9 Å². The van der Waals surface area contributed by atoms with Crippen molar-refractivity contribution < 1.29 is 4.74 Å². The molecule has 0 fully saturated rings. The summed E-state index contributed by atoms with van der Waals surface area (Å²) < 4.78 is 5.82. The van der Waals surface area contributed by atoms with Crippen LogP contribution in [0.5, 0.6) is 5.75 Å². The summed E-state index contributed by atoms with van der Waals surface area (Å²) in [5.74, 6) is 0.882. The quantitative estimate of drug-likeness (QED) is 0.432. The lowest BCUT2D eigenvalue weighted by atomic mass is 10.2. The summed E-state index contributed by atoms with van der Waals surface area (Å²) in [6.45, 7) is 2.95. The van der Waals surface area contributed by atoms with E-state index < -0.39 is 0 Å². The first-order valence-corrected chi connectivity index (χ1v) is 7.46. The van der Waals surface area contributed by atoms with E-state index in [9.17, 15) is 0 Å². The number of unbranched alkanes of at least 4 members (excludes halogenated alkanes) is 2. The average Bonchev–Trinajstić information content (AvgIpc) is 2.54. The smallest absolute Gasteiger partial charge is 0.128 e. The van der Waals surface area contributed by atoms with Crippen LogP contribution in [0.2, 0.25) is 0 Å². The SMILES string of the molecule is CCCCCOc1ccccc1C=NNc1ccccc1. The molecule has 0 bridgehead atoms. The second-order valence-corrected chi connectivity index (χ2v) is 4.83. The minimum absolute atomic E-state index is 0.755. The molecule has 0 unspecified atom stereocenters. The molecule has 1 N–H and O–H groups in total. The molecule has 0 amide bonds. The summed E-state index contributed by atoms with van der Waals surface area (Å²) in [6, 6.07) is 17.8. The van der Waals surface area contributed by atoms with Crippen LogP contribution in [0, 0.1) is 0 Å². The fourth-order valence-electron chi connectivity index (χ4n) is 1.94. The number of nitrogens with zero attached hydrogens (tertiary/aromatic N) is 1. The molecule has 21 heavy (non-hydrogen) atoms. The minimum atomic E-state index is 0.755. The van der Waals surface area contributed by atoms with E-state index in [0.29, 0.717) is 0 Å². The van der Waals surface area contributed by atoms with Crippen LogP contribution in [-0.4, -0.2) is 12.8 Å². The van der Waals surface area contributed by atoms with Crippen molar-refractivity contribution in [3.63, 3.8) is 0 Å². The van der Waals surface area contributed by atoms with Gasteiger partial charge in [-0.1, -0.05) is 50.1 Å². The Morgan fingerprint density at radius 2 is 1.76 bits per heavy atom. The van der Waals surface area contributed by atoms with Crippen LogP contribution in [0.25, 0.3) is 0 Å². The lowest BCUT2D eigenvalue weighted by Crippen LogP contribution is -2.00. The Kier molecular flexibility index (Phi) is 6.33. The summed E-state index contributed by atoms with van der Waals surface area (Å²) in [4.78, 5) is 0. The van der Waals surface area contributed by atoms with Crippen molar-refractivity contribution in [2.75, 3.05) is 12.0 Å². The van der Waals surface area contributed by atoms with Gasteiger partial charge < -0.3 is 4.74 Å². The van der Waals surface area contributed by atoms with Gasteiger partial charge in [-0.2, -0.15) is 5.10 Å². The van der Waals surface area contributed by atoms with Gasteiger partial charge in [-0.05, 0) is 30.7 Å². The topological polar surface area (TPSA) is 33.6 Å². The van der Waals surface area contributed by atoms with Gasteiger partial charge in [0, 0.05) is 5.56 Å². The van der Waals surface area contributed by atoms with Crippen molar-refractivity contribution in [3.05, 3.63) is 60.2 Å². The largest absolute Gasteiger partial charge is 0.493 e. The third-order valence-electron chi connectivity index (χ3n) is 3.10. The van der Waals surface area contributed by atoms with Gasteiger partial charge in [-0.25, -0.2) is 0 Å². The van der Waals surface area contributed by atoms with E-state index in [1.807, 2.05) is 54.6 Å². The molecule has 0 saturated carbocycles. The number of anilines is 1. The molecule has 0 aliphatic heterocycles. The second kappa shape index (κ2) is 8.80. The van der Waals surface area contributed by atoms with E-state index >= 15 is 0 Å². The Hall–Kier alpha value is -2.29. The van der Waals surface area contributed by atoms with E-state index in [1.54, 1.807) is 6.21 Å². The van der Waals surface area contributed by atoms with E-state index in [1.165, 1.54) is 12.8 Å². The Morgan fingerprint density at radius 1 is 1.00 bits per heavy atom. The highest BCUT2D eigenvalue weighted by atomic mass is 16.5. The fourth-order valence-corrected chi connectivity index (χ4v) is 1.94. The molecule has 3 nitrogen and oxygen atoms in total. The van der Waals surface area contributed by atoms with E-state index in [4.69, 9.17) is 4.74 Å². The number of ether oxygens (including phenoxy) is 1. The molecule has 2 aromatic rings. The van der Waals surface area contributed by atoms with Gasteiger partial charge in [-0.15, -0.1) is 0 Å². The molecule has 2 aromatic carbocycles. The molecule has 0 atom stereocenters. The number of hydrogen-bond donors (Lipinski definition) is 1. The van der Waals surface area contributed by atoms with Gasteiger partial charge in [0.15, 0.2) is 0 Å². The highest BCUT2D eigenvalue weighted by Gasteiger charge is 2.00. The number of hydrazone groups is 1. The summed E-state index contributed by atoms with van der Waals surface area (Å²) in [7, 11) is 0. The monoisotopic (exact) mass is 282 g/mol. The number of rotatable bonds is 8. The number of hydrogen-bond acceptors (Lipinski definition) is 3. The molecule has 0 saturated heterocycles. The van der Waals surface area contributed by atoms with Crippen LogP contribution in [0.1, 0.15) is 31.7 Å². The highest BCUT2D eigenvalue weighted by molar-refractivity contribution is 5.83. The van der Waals surface area contributed by atoms with Crippen LogP contribution >= 0.6 is 0 Å². The van der Waals surface area contributed by atoms with Gasteiger partial charge in [-0.3, -0.25) is 5.43 Å². The molecule has 0 aromatic heterocycles. The predicted molar refractivity (Wildman–Crippen MR) is 89.1 cm³/mol. The second-order valence-electron chi connectivity index (χ2n) is 4.83. The van der Waals surface area contributed by atoms with E-state index in [2.05, 4.69) is 17.5 Å². The summed E-state index contributed by atoms with van der Waals surface area (Å²) >= 11 is 0. The van der Waals surface area contributed by atoms with Crippen molar-refractivity contribution in [1.82, 2.24) is 0 Å². The third kappa shape index (κ3) is 5.30. The van der Waals surface area contributed by atoms with Crippen LogP contribution in [-0.2, 0) is 0 Å². The Labute approximate surface area is 126 Å². The van der Waals surface area contributed by atoms with Crippen LogP contribution in [0.15, 0.2) is 59.7 Å². The summed E-state index contributed by atoms with van der Waals surface area (Å²) in [5, 5.41) is 4.26. The zero-order valence-electron chi connectivity index (χ0n) is 12.5. The lowest BCUT2D eigenvalue weighted by molar-refractivity contribution is 0.306. The molecule has 0 heterocycles. The molecular formula is C18H22N2O. The fraction of sp³-hybridized carbons (Fsp3) is 0.278. The Balaban J connectivity index is 1.92. The number of benzene rings is 2. The first-order valence-electron chi connectivity index (χ1n) is 7.46. The van der Waals surface area contributed by atoms with Crippen molar-refractivity contribution in [2.24, 2.45) is 5.10 Å². The molecule has 3 heteroatoms. The van der Waals surface area contributed by atoms with Gasteiger partial charge >= 0.3 is 0 Å². The Bertz CT molecular complexity index is 552. The van der Waals surface area contributed by atoms with Gasteiger partial charge in [0.05, 0.1) is 18.5 Å². The maximum absolute atomic E-state index is 5.82. The number of para-hydroxylation sites is 2. The maximum Gasteiger partial charge on any atom is 0.128 e. The van der Waals surface area contributed by atoms with E-state index in [-0.39, 0.29) is 0 Å². The van der Waals surface area contributed by atoms with Gasteiger partial charge in [0.25, 0.3) is 0 Å². The first kappa shape index (κ1) is 15.1. The van der Waals surface area contributed by atoms with E-state index in [0.717, 1.165) is 30.0 Å². The zero-order valence-corrected chi connectivity index (χ0v) is 12.5. The van der Waals surface area contributed by atoms with Crippen molar-refractivity contribution in [1.29, 1.82) is 0 Å². The highest BCUT2D eigenvalue weighted by Crippen LogP contribution is 2.16. The predicted octanol–water partition coefficient (Wildman–Crippen LogP) is 4.70. The third-order valence-corrected chi connectivity index (χ3v) is 3.10. The first-order chi connectivity index (χ1) is 10.4. The van der Waals surface area contributed by atoms with Crippen molar-refractivity contribution in [2.45, 2.75) is 26.2 Å². The molecule has 0 aliphatic carbocycles. The van der Waals surface area contributed by atoms with Crippen LogP contribution < -0.4 is 10.2 Å².